The van der Waals surface area contributed by atoms with E-state index in [1.165, 1.54) is 0 Å². The van der Waals surface area contributed by atoms with Gasteiger partial charge in [-0.15, -0.1) is 11.6 Å². The lowest BCUT2D eigenvalue weighted by molar-refractivity contribution is 0.305. The van der Waals surface area contributed by atoms with Gasteiger partial charge < -0.3 is 14.8 Å². The number of alkyl halides is 1. The molecule has 0 heterocycles. The monoisotopic (exact) mass is 256 g/mol. The number of hydrogen-bond donors (Lipinski definition) is 2. The summed E-state index contributed by atoms with van der Waals surface area (Å²) >= 11 is 5.58. The summed E-state index contributed by atoms with van der Waals surface area (Å²) in [6.45, 7) is 0.684. The summed E-state index contributed by atoms with van der Waals surface area (Å²) in [6.07, 6.45) is 4.34. The lowest BCUT2D eigenvalue weighted by Crippen LogP contribution is -2.29. The minimum absolute atomic E-state index is 0.472. The lowest BCUT2D eigenvalue weighted by atomic mass is 9.80. The maximum Gasteiger partial charge on any atom is 0.488 e. The molecular formula is C12H18BClO3. The standard InChI is InChI=1S/C12H18BClO3/c14-9-3-1-2-4-10-17-12-7-5-11(6-8-12)13(15)16/h5-8,15-16H,1-4,9-10H2. The van der Waals surface area contributed by atoms with Gasteiger partial charge in [-0.25, -0.2) is 0 Å². The van der Waals surface area contributed by atoms with Crippen molar-refractivity contribution in [3.63, 3.8) is 0 Å². The molecule has 94 valence electrons. The first-order chi connectivity index (χ1) is 8.24. The second-order valence-corrected chi connectivity index (χ2v) is 4.27. The number of unbranched alkanes of at least 4 members (excludes halogenated alkanes) is 3. The molecule has 17 heavy (non-hydrogen) atoms. The van der Waals surface area contributed by atoms with Gasteiger partial charge in [-0.1, -0.05) is 25.0 Å². The Bertz CT molecular complexity index is 303. The van der Waals surface area contributed by atoms with E-state index in [0.717, 1.165) is 37.3 Å². The van der Waals surface area contributed by atoms with Crippen molar-refractivity contribution < 1.29 is 14.8 Å². The van der Waals surface area contributed by atoms with Gasteiger partial charge in [0.25, 0.3) is 0 Å². The zero-order valence-corrected chi connectivity index (χ0v) is 10.6. The second-order valence-electron chi connectivity index (χ2n) is 3.89. The third-order valence-electron chi connectivity index (χ3n) is 2.47. The Balaban J connectivity index is 2.19. The molecule has 0 fully saturated rings. The minimum atomic E-state index is -1.42. The normalized spacial score (nSPS) is 10.3. The maximum atomic E-state index is 8.92. The van der Waals surface area contributed by atoms with Gasteiger partial charge in [0.05, 0.1) is 6.61 Å². The second kappa shape index (κ2) is 8.40. The summed E-state index contributed by atoms with van der Waals surface area (Å²) in [6, 6.07) is 6.78. The fraction of sp³-hybridized carbons (Fsp3) is 0.500. The Morgan fingerprint density at radius 1 is 1.00 bits per heavy atom. The molecule has 0 aromatic heterocycles. The molecule has 5 heteroatoms. The summed E-state index contributed by atoms with van der Waals surface area (Å²) in [5.74, 6) is 1.48. The van der Waals surface area contributed by atoms with Crippen LogP contribution in [0, 0.1) is 0 Å². The SMILES string of the molecule is OB(O)c1ccc(OCCCCCCCl)cc1. The van der Waals surface area contributed by atoms with Crippen molar-refractivity contribution in [2.24, 2.45) is 0 Å². The Morgan fingerprint density at radius 2 is 1.65 bits per heavy atom. The van der Waals surface area contributed by atoms with Crippen LogP contribution >= 0.6 is 11.6 Å². The van der Waals surface area contributed by atoms with Crippen molar-refractivity contribution in [2.45, 2.75) is 25.7 Å². The van der Waals surface area contributed by atoms with E-state index >= 15 is 0 Å². The summed E-state index contributed by atoms with van der Waals surface area (Å²) in [4.78, 5) is 0. The quantitative estimate of drug-likeness (QED) is 0.421. The van der Waals surface area contributed by atoms with Gasteiger partial charge >= 0.3 is 7.12 Å². The van der Waals surface area contributed by atoms with E-state index in [2.05, 4.69) is 0 Å². The minimum Gasteiger partial charge on any atom is -0.494 e. The molecule has 0 spiro atoms. The molecule has 0 aliphatic heterocycles. The molecule has 0 unspecified atom stereocenters. The number of ether oxygens (including phenoxy) is 1. The van der Waals surface area contributed by atoms with Crippen molar-refractivity contribution in [1.82, 2.24) is 0 Å². The predicted molar refractivity (Wildman–Crippen MR) is 71.0 cm³/mol. The van der Waals surface area contributed by atoms with Crippen LogP contribution in [0.15, 0.2) is 24.3 Å². The number of benzene rings is 1. The molecule has 0 radical (unpaired) electrons. The molecule has 0 aliphatic carbocycles. The number of hydrogen-bond acceptors (Lipinski definition) is 3. The molecule has 0 bridgehead atoms. The van der Waals surface area contributed by atoms with E-state index in [4.69, 9.17) is 26.4 Å². The van der Waals surface area contributed by atoms with E-state index in [-0.39, 0.29) is 0 Å². The zero-order valence-electron chi connectivity index (χ0n) is 9.81. The van der Waals surface area contributed by atoms with Gasteiger partial charge in [-0.05, 0) is 30.4 Å². The van der Waals surface area contributed by atoms with Crippen LogP contribution < -0.4 is 10.2 Å². The van der Waals surface area contributed by atoms with Gasteiger partial charge in [0.1, 0.15) is 5.75 Å². The maximum absolute atomic E-state index is 8.92. The summed E-state index contributed by atoms with van der Waals surface area (Å²) in [5.41, 5.74) is 0.472. The topological polar surface area (TPSA) is 49.7 Å². The van der Waals surface area contributed by atoms with Crippen LogP contribution in [0.1, 0.15) is 25.7 Å². The average molecular weight is 257 g/mol. The van der Waals surface area contributed by atoms with E-state index < -0.39 is 7.12 Å². The molecule has 1 rings (SSSR count). The van der Waals surface area contributed by atoms with E-state index in [0.29, 0.717) is 12.1 Å². The molecule has 2 N–H and O–H groups in total. The first-order valence-corrected chi connectivity index (χ1v) is 6.42. The third-order valence-corrected chi connectivity index (χ3v) is 2.74. The van der Waals surface area contributed by atoms with Crippen LogP contribution in [0.5, 0.6) is 5.75 Å². The van der Waals surface area contributed by atoms with Crippen molar-refractivity contribution in [3.8, 4) is 5.75 Å². The third kappa shape index (κ3) is 5.96. The summed E-state index contributed by atoms with van der Waals surface area (Å²) in [5, 5.41) is 17.8. The van der Waals surface area contributed by atoms with Crippen LogP contribution in [-0.2, 0) is 0 Å². The van der Waals surface area contributed by atoms with Crippen LogP contribution in [0.4, 0.5) is 0 Å². The van der Waals surface area contributed by atoms with Gasteiger partial charge in [-0.3, -0.25) is 0 Å². The molecule has 1 aromatic rings. The Morgan fingerprint density at radius 3 is 2.24 bits per heavy atom. The molecule has 0 amide bonds. The van der Waals surface area contributed by atoms with Gasteiger partial charge in [0.15, 0.2) is 0 Å². The first-order valence-electron chi connectivity index (χ1n) is 5.89. The van der Waals surface area contributed by atoms with Crippen LogP contribution in [-0.4, -0.2) is 29.7 Å². The number of rotatable bonds is 8. The van der Waals surface area contributed by atoms with Gasteiger partial charge in [0, 0.05) is 5.88 Å². The van der Waals surface area contributed by atoms with E-state index in [9.17, 15) is 0 Å². The highest BCUT2D eigenvalue weighted by Crippen LogP contribution is 2.09. The number of halogens is 1. The lowest BCUT2D eigenvalue weighted by Gasteiger charge is -2.06. The van der Waals surface area contributed by atoms with Gasteiger partial charge in [-0.2, -0.15) is 0 Å². The predicted octanol–water partition coefficient (Wildman–Crippen LogP) is 1.54. The first kappa shape index (κ1) is 14.4. The van der Waals surface area contributed by atoms with Gasteiger partial charge in [0.2, 0.25) is 0 Å². The molecule has 1 aromatic carbocycles. The highest BCUT2D eigenvalue weighted by Gasteiger charge is 2.09. The van der Waals surface area contributed by atoms with Crippen molar-refractivity contribution in [1.29, 1.82) is 0 Å². The highest BCUT2D eigenvalue weighted by atomic mass is 35.5. The van der Waals surface area contributed by atoms with E-state index in [1.54, 1.807) is 24.3 Å². The Kier molecular flexibility index (Phi) is 7.09. The molecule has 3 nitrogen and oxygen atoms in total. The smallest absolute Gasteiger partial charge is 0.488 e. The molecular weight excluding hydrogens is 238 g/mol. The van der Waals surface area contributed by atoms with Crippen LogP contribution in [0.2, 0.25) is 0 Å². The van der Waals surface area contributed by atoms with Crippen LogP contribution in [0.25, 0.3) is 0 Å². The molecule has 0 saturated heterocycles. The largest absolute Gasteiger partial charge is 0.494 e. The van der Waals surface area contributed by atoms with Crippen molar-refractivity contribution in [2.75, 3.05) is 12.5 Å². The molecule has 0 atom stereocenters. The Labute approximate surface area is 108 Å². The summed E-state index contributed by atoms with van der Waals surface area (Å²) in [7, 11) is -1.42. The average Bonchev–Trinajstić information content (AvgIpc) is 2.34. The van der Waals surface area contributed by atoms with Crippen molar-refractivity contribution in [3.05, 3.63) is 24.3 Å². The van der Waals surface area contributed by atoms with Crippen molar-refractivity contribution >= 4 is 24.2 Å². The molecule has 0 saturated carbocycles. The zero-order chi connectivity index (χ0) is 12.5. The summed E-state index contributed by atoms with van der Waals surface area (Å²) < 4.78 is 5.52. The fourth-order valence-electron chi connectivity index (χ4n) is 1.48. The molecule has 0 aliphatic rings. The Hall–Kier alpha value is -0.705. The highest BCUT2D eigenvalue weighted by molar-refractivity contribution is 6.58. The fourth-order valence-corrected chi connectivity index (χ4v) is 1.67. The van der Waals surface area contributed by atoms with E-state index in [1.807, 2.05) is 0 Å². The van der Waals surface area contributed by atoms with Crippen LogP contribution in [0.3, 0.4) is 0 Å².